The number of carboxylic acid groups (broad SMARTS) is 1. The first-order valence-electron chi connectivity index (χ1n) is 7.13. The Morgan fingerprint density at radius 2 is 1.35 bits per heavy atom. The third-order valence-corrected chi connectivity index (χ3v) is 4.54. The molecule has 0 aliphatic heterocycles. The lowest BCUT2D eigenvalue weighted by Crippen LogP contribution is -2.13. The molecular formula is C17H26O3. The molecule has 112 valence electrons. The fourth-order valence-corrected chi connectivity index (χ4v) is 2.91. The van der Waals surface area contributed by atoms with E-state index in [1.807, 2.05) is 20.8 Å². The summed E-state index contributed by atoms with van der Waals surface area (Å²) in [5, 5.41) is 19.3. The number of rotatable bonds is 5. The molecule has 0 aliphatic rings. The van der Waals surface area contributed by atoms with Crippen LogP contribution in [0.5, 0.6) is 0 Å². The first-order valence-corrected chi connectivity index (χ1v) is 7.13. The normalized spacial score (nSPS) is 14.2. The Morgan fingerprint density at radius 1 is 0.950 bits per heavy atom. The van der Waals surface area contributed by atoms with Crippen molar-refractivity contribution in [1.82, 2.24) is 0 Å². The minimum atomic E-state index is -0.811. The van der Waals surface area contributed by atoms with Crippen LogP contribution in [0.25, 0.3) is 0 Å². The molecule has 0 fully saturated rings. The SMILES string of the molecule is Cc1c(C)c(C)c(C(O)CC(C)CC(=O)O)c(C)c1C. The summed E-state index contributed by atoms with van der Waals surface area (Å²) in [4.78, 5) is 10.7. The van der Waals surface area contributed by atoms with Gasteiger partial charge in [0.25, 0.3) is 0 Å². The summed E-state index contributed by atoms with van der Waals surface area (Å²) in [6.07, 6.45) is -0.0168. The maximum atomic E-state index is 10.7. The Hall–Kier alpha value is -1.35. The molecule has 0 saturated carbocycles. The Balaban J connectivity index is 3.10. The molecule has 1 aromatic rings. The molecule has 20 heavy (non-hydrogen) atoms. The molecule has 2 atom stereocenters. The summed E-state index contributed by atoms with van der Waals surface area (Å²) in [6.45, 7) is 12.2. The highest BCUT2D eigenvalue weighted by atomic mass is 16.4. The number of hydrogen-bond acceptors (Lipinski definition) is 2. The standard InChI is InChI=1S/C17H26O3/c1-9(8-16(19)20)7-15(18)17-13(5)11(3)10(2)12(4)14(17)6/h9,15,18H,7-8H2,1-6H3,(H,19,20). The van der Waals surface area contributed by atoms with Crippen LogP contribution in [0, 0.1) is 40.5 Å². The maximum absolute atomic E-state index is 10.7. The molecule has 0 saturated heterocycles. The molecule has 3 heteroatoms. The molecule has 0 radical (unpaired) electrons. The molecule has 0 aliphatic carbocycles. The van der Waals surface area contributed by atoms with Gasteiger partial charge in [-0.3, -0.25) is 4.79 Å². The van der Waals surface area contributed by atoms with Gasteiger partial charge in [0.05, 0.1) is 6.10 Å². The summed E-state index contributed by atoms with van der Waals surface area (Å²) in [7, 11) is 0. The smallest absolute Gasteiger partial charge is 0.303 e. The van der Waals surface area contributed by atoms with Crippen molar-refractivity contribution in [3.63, 3.8) is 0 Å². The average Bonchev–Trinajstić information content (AvgIpc) is 2.33. The fourth-order valence-electron chi connectivity index (χ4n) is 2.91. The van der Waals surface area contributed by atoms with Crippen LogP contribution in [0.15, 0.2) is 0 Å². The number of aliphatic carboxylic acids is 1. The van der Waals surface area contributed by atoms with Crippen molar-refractivity contribution in [3.05, 3.63) is 33.4 Å². The minimum Gasteiger partial charge on any atom is -0.481 e. The molecule has 0 heterocycles. The summed E-state index contributed by atoms with van der Waals surface area (Å²) in [5.41, 5.74) is 6.93. The van der Waals surface area contributed by atoms with Gasteiger partial charge in [-0.1, -0.05) is 6.92 Å². The topological polar surface area (TPSA) is 57.5 Å². The van der Waals surface area contributed by atoms with Gasteiger partial charge in [-0.15, -0.1) is 0 Å². The summed E-state index contributed by atoms with van der Waals surface area (Å²) in [5.74, 6) is -0.849. The van der Waals surface area contributed by atoms with E-state index in [1.165, 1.54) is 16.7 Å². The molecule has 2 N–H and O–H groups in total. The number of carboxylic acids is 1. The second kappa shape index (κ2) is 6.40. The zero-order chi connectivity index (χ0) is 15.6. The number of carbonyl (C=O) groups is 1. The van der Waals surface area contributed by atoms with E-state index in [0.717, 1.165) is 16.7 Å². The predicted octanol–water partition coefficient (Wildman–Crippen LogP) is 3.76. The first kappa shape index (κ1) is 16.7. The van der Waals surface area contributed by atoms with Crippen molar-refractivity contribution in [3.8, 4) is 0 Å². The van der Waals surface area contributed by atoms with Gasteiger partial charge in [0.15, 0.2) is 0 Å². The van der Waals surface area contributed by atoms with Gasteiger partial charge in [0, 0.05) is 6.42 Å². The molecule has 1 rings (SSSR count). The van der Waals surface area contributed by atoms with E-state index >= 15 is 0 Å². The van der Waals surface area contributed by atoms with Crippen molar-refractivity contribution in [2.45, 2.75) is 60.5 Å². The Labute approximate surface area is 121 Å². The molecule has 0 spiro atoms. The molecule has 2 unspecified atom stereocenters. The van der Waals surface area contributed by atoms with Crippen LogP contribution in [0.1, 0.15) is 59.3 Å². The van der Waals surface area contributed by atoms with Crippen LogP contribution in [0.4, 0.5) is 0 Å². The lowest BCUT2D eigenvalue weighted by molar-refractivity contribution is -0.138. The maximum Gasteiger partial charge on any atom is 0.303 e. The summed E-state index contributed by atoms with van der Waals surface area (Å²) in [6, 6.07) is 0. The van der Waals surface area contributed by atoms with Gasteiger partial charge in [-0.2, -0.15) is 0 Å². The van der Waals surface area contributed by atoms with Gasteiger partial charge >= 0.3 is 5.97 Å². The van der Waals surface area contributed by atoms with Gasteiger partial charge < -0.3 is 10.2 Å². The van der Waals surface area contributed by atoms with Crippen LogP contribution < -0.4 is 0 Å². The summed E-state index contributed by atoms with van der Waals surface area (Å²) < 4.78 is 0. The Bertz CT molecular complexity index is 488. The molecular weight excluding hydrogens is 252 g/mol. The third-order valence-electron chi connectivity index (χ3n) is 4.54. The second-order valence-electron chi connectivity index (χ2n) is 5.99. The van der Waals surface area contributed by atoms with Crippen molar-refractivity contribution in [2.75, 3.05) is 0 Å². The lowest BCUT2D eigenvalue weighted by Gasteiger charge is -2.24. The zero-order valence-corrected chi connectivity index (χ0v) is 13.4. The van der Waals surface area contributed by atoms with E-state index in [-0.39, 0.29) is 12.3 Å². The molecule has 3 nitrogen and oxygen atoms in total. The predicted molar refractivity (Wildman–Crippen MR) is 81.1 cm³/mol. The highest BCUT2D eigenvalue weighted by Gasteiger charge is 2.21. The number of hydrogen-bond donors (Lipinski definition) is 2. The van der Waals surface area contributed by atoms with E-state index in [9.17, 15) is 9.90 Å². The van der Waals surface area contributed by atoms with Crippen LogP contribution in [0.2, 0.25) is 0 Å². The molecule has 0 aromatic heterocycles. The Kier molecular flexibility index (Phi) is 5.35. The van der Waals surface area contributed by atoms with Crippen LogP contribution >= 0.6 is 0 Å². The number of aliphatic hydroxyl groups is 1. The third kappa shape index (κ3) is 3.40. The zero-order valence-electron chi connectivity index (χ0n) is 13.4. The van der Waals surface area contributed by atoms with Crippen molar-refractivity contribution in [1.29, 1.82) is 0 Å². The van der Waals surface area contributed by atoms with Crippen molar-refractivity contribution < 1.29 is 15.0 Å². The monoisotopic (exact) mass is 278 g/mol. The second-order valence-corrected chi connectivity index (χ2v) is 5.99. The van der Waals surface area contributed by atoms with Crippen molar-refractivity contribution in [2.24, 2.45) is 5.92 Å². The van der Waals surface area contributed by atoms with Crippen LogP contribution in [-0.2, 0) is 4.79 Å². The van der Waals surface area contributed by atoms with Gasteiger partial charge in [-0.05, 0) is 80.3 Å². The Morgan fingerprint density at radius 3 is 1.75 bits per heavy atom. The fraction of sp³-hybridized carbons (Fsp3) is 0.588. The average molecular weight is 278 g/mol. The van der Waals surface area contributed by atoms with E-state index in [4.69, 9.17) is 5.11 Å². The number of aliphatic hydroxyl groups excluding tert-OH is 1. The van der Waals surface area contributed by atoms with Crippen molar-refractivity contribution >= 4 is 5.97 Å². The molecule has 0 amide bonds. The van der Waals surface area contributed by atoms with E-state index < -0.39 is 12.1 Å². The summed E-state index contributed by atoms with van der Waals surface area (Å²) >= 11 is 0. The van der Waals surface area contributed by atoms with E-state index in [2.05, 4.69) is 20.8 Å². The minimum absolute atomic E-state index is 0.0387. The largest absolute Gasteiger partial charge is 0.481 e. The van der Waals surface area contributed by atoms with Gasteiger partial charge in [0.1, 0.15) is 0 Å². The highest BCUT2D eigenvalue weighted by Crippen LogP contribution is 2.33. The highest BCUT2D eigenvalue weighted by molar-refractivity contribution is 5.66. The van der Waals surface area contributed by atoms with Gasteiger partial charge in [-0.25, -0.2) is 0 Å². The van der Waals surface area contributed by atoms with Crippen LogP contribution in [-0.4, -0.2) is 16.2 Å². The van der Waals surface area contributed by atoms with Crippen LogP contribution in [0.3, 0.4) is 0 Å². The van der Waals surface area contributed by atoms with E-state index in [0.29, 0.717) is 6.42 Å². The molecule has 1 aromatic carbocycles. The van der Waals surface area contributed by atoms with E-state index in [1.54, 1.807) is 0 Å². The number of benzene rings is 1. The quantitative estimate of drug-likeness (QED) is 0.862. The first-order chi connectivity index (χ1) is 9.16. The van der Waals surface area contributed by atoms with Gasteiger partial charge in [0.2, 0.25) is 0 Å². The lowest BCUT2D eigenvalue weighted by atomic mass is 9.84. The molecule has 0 bridgehead atoms.